The van der Waals surface area contributed by atoms with Crippen LogP contribution in [0.4, 0.5) is 11.6 Å². The van der Waals surface area contributed by atoms with Gasteiger partial charge < -0.3 is 15.4 Å². The molecule has 0 spiro atoms. The molecule has 0 bridgehead atoms. The van der Waals surface area contributed by atoms with Crippen LogP contribution in [-0.2, 0) is 17.9 Å². The first-order valence-corrected chi connectivity index (χ1v) is 7.13. The maximum absolute atomic E-state index is 6.00. The van der Waals surface area contributed by atoms with Crippen LogP contribution in [0, 0.1) is 0 Å². The van der Waals surface area contributed by atoms with E-state index in [0.29, 0.717) is 31.4 Å². The summed E-state index contributed by atoms with van der Waals surface area (Å²) in [5.41, 5.74) is 6.94. The van der Waals surface area contributed by atoms with E-state index in [4.69, 9.17) is 22.1 Å². The highest BCUT2D eigenvalue weighted by molar-refractivity contribution is 6.30. The molecule has 0 aliphatic heterocycles. The first kappa shape index (κ1) is 15.5. The van der Waals surface area contributed by atoms with Crippen LogP contribution in [0.2, 0.25) is 5.02 Å². The maximum atomic E-state index is 6.00. The number of hydrogen-bond acceptors (Lipinski definition) is 5. The van der Waals surface area contributed by atoms with E-state index >= 15 is 0 Å². The number of anilines is 2. The topological polar surface area (TPSA) is 64.3 Å². The summed E-state index contributed by atoms with van der Waals surface area (Å²) in [5.74, 6) is 1.79. The van der Waals surface area contributed by atoms with Gasteiger partial charge in [-0.05, 0) is 24.6 Å². The van der Waals surface area contributed by atoms with Gasteiger partial charge in [0.25, 0.3) is 0 Å². The third-order valence-corrected chi connectivity index (χ3v) is 3.15. The molecule has 2 aromatic rings. The minimum atomic E-state index is 0.361. The van der Waals surface area contributed by atoms with Crippen molar-refractivity contribution in [3.8, 4) is 0 Å². The predicted molar refractivity (Wildman–Crippen MR) is 85.3 cm³/mol. The fourth-order valence-corrected chi connectivity index (χ4v) is 2.16. The van der Waals surface area contributed by atoms with Crippen LogP contribution < -0.4 is 10.6 Å². The summed E-state index contributed by atoms with van der Waals surface area (Å²) in [6, 6.07) is 9.49. The number of halogens is 1. The first-order chi connectivity index (χ1) is 10.1. The van der Waals surface area contributed by atoms with Crippen molar-refractivity contribution in [1.82, 2.24) is 9.97 Å². The zero-order valence-electron chi connectivity index (χ0n) is 12.2. The molecule has 1 heterocycles. The maximum Gasteiger partial charge on any atom is 0.158 e. The van der Waals surface area contributed by atoms with Crippen LogP contribution in [0.25, 0.3) is 0 Å². The summed E-state index contributed by atoms with van der Waals surface area (Å²) >= 11 is 6.00. The first-order valence-electron chi connectivity index (χ1n) is 6.75. The standard InChI is InChI=1S/C15H19ClN4O/c1-3-21-10-14-18-13(17)8-15(19-14)20(2)9-11-5-4-6-12(16)7-11/h4-8H,3,9-10H2,1-2H3,(H2,17,18,19). The molecule has 1 aromatic heterocycles. The van der Waals surface area contributed by atoms with Gasteiger partial charge in [-0.1, -0.05) is 23.7 Å². The Hall–Kier alpha value is -1.85. The summed E-state index contributed by atoms with van der Waals surface area (Å²) in [6.45, 7) is 3.59. The number of nitrogens with zero attached hydrogens (tertiary/aromatic N) is 3. The third-order valence-electron chi connectivity index (χ3n) is 2.91. The number of nitrogens with two attached hydrogens (primary N) is 1. The highest BCUT2D eigenvalue weighted by Gasteiger charge is 2.08. The minimum Gasteiger partial charge on any atom is -0.384 e. The molecule has 0 fully saturated rings. The summed E-state index contributed by atoms with van der Waals surface area (Å²) in [5, 5.41) is 0.722. The Bertz CT molecular complexity index is 606. The van der Waals surface area contributed by atoms with Gasteiger partial charge in [0.15, 0.2) is 5.82 Å². The molecule has 2 N–H and O–H groups in total. The molecule has 0 amide bonds. The minimum absolute atomic E-state index is 0.361. The molecular formula is C15H19ClN4O. The molecule has 0 unspecified atom stereocenters. The molecule has 0 aliphatic rings. The second-order valence-corrected chi connectivity index (χ2v) is 5.13. The molecule has 0 atom stereocenters. The van der Waals surface area contributed by atoms with Crippen LogP contribution in [-0.4, -0.2) is 23.6 Å². The molecule has 0 aliphatic carbocycles. The molecular weight excluding hydrogens is 288 g/mol. The van der Waals surface area contributed by atoms with Gasteiger partial charge in [-0.25, -0.2) is 9.97 Å². The van der Waals surface area contributed by atoms with Gasteiger partial charge in [-0.2, -0.15) is 0 Å². The second kappa shape index (κ2) is 7.24. The van der Waals surface area contributed by atoms with Crippen LogP contribution in [0.1, 0.15) is 18.3 Å². The number of ether oxygens (including phenoxy) is 1. The zero-order valence-corrected chi connectivity index (χ0v) is 13.0. The Labute approximate surface area is 129 Å². The zero-order chi connectivity index (χ0) is 15.2. The average molecular weight is 307 g/mol. The van der Waals surface area contributed by atoms with Gasteiger partial charge in [0.05, 0.1) is 0 Å². The highest BCUT2D eigenvalue weighted by Crippen LogP contribution is 2.17. The molecule has 6 heteroatoms. The molecule has 21 heavy (non-hydrogen) atoms. The van der Waals surface area contributed by atoms with E-state index in [2.05, 4.69) is 9.97 Å². The lowest BCUT2D eigenvalue weighted by atomic mass is 10.2. The van der Waals surface area contributed by atoms with Crippen LogP contribution >= 0.6 is 11.6 Å². The second-order valence-electron chi connectivity index (χ2n) is 4.69. The van der Waals surface area contributed by atoms with Crippen molar-refractivity contribution in [1.29, 1.82) is 0 Å². The number of benzene rings is 1. The summed E-state index contributed by atoms with van der Waals surface area (Å²) in [7, 11) is 1.95. The fourth-order valence-electron chi connectivity index (χ4n) is 1.95. The van der Waals surface area contributed by atoms with Gasteiger partial charge in [-0.3, -0.25) is 0 Å². The van der Waals surface area contributed by atoms with E-state index in [9.17, 15) is 0 Å². The monoisotopic (exact) mass is 306 g/mol. The fraction of sp³-hybridized carbons (Fsp3) is 0.333. The number of nitrogen functional groups attached to an aromatic ring is 1. The summed E-state index contributed by atoms with van der Waals surface area (Å²) in [6.07, 6.45) is 0. The van der Waals surface area contributed by atoms with Gasteiger partial charge in [0.2, 0.25) is 0 Å². The molecule has 112 valence electrons. The normalized spacial score (nSPS) is 10.6. The Kier molecular flexibility index (Phi) is 5.36. The van der Waals surface area contributed by atoms with Gasteiger partial charge in [0, 0.05) is 31.3 Å². The molecule has 0 saturated heterocycles. The number of rotatable bonds is 6. The lowest BCUT2D eigenvalue weighted by molar-refractivity contribution is 0.128. The van der Waals surface area contributed by atoms with Crippen LogP contribution in [0.15, 0.2) is 30.3 Å². The molecule has 2 rings (SSSR count). The Morgan fingerprint density at radius 2 is 2.10 bits per heavy atom. The van der Waals surface area contributed by atoms with E-state index in [0.717, 1.165) is 16.4 Å². The number of aromatic nitrogens is 2. The van der Waals surface area contributed by atoms with E-state index in [1.165, 1.54) is 0 Å². The highest BCUT2D eigenvalue weighted by atomic mass is 35.5. The quantitative estimate of drug-likeness (QED) is 0.889. The van der Waals surface area contributed by atoms with Gasteiger partial charge >= 0.3 is 0 Å². The van der Waals surface area contributed by atoms with E-state index in [1.807, 2.05) is 43.1 Å². The van der Waals surface area contributed by atoms with Crippen molar-refractivity contribution >= 4 is 23.2 Å². The van der Waals surface area contributed by atoms with Crippen molar-refractivity contribution in [3.63, 3.8) is 0 Å². The lowest BCUT2D eigenvalue weighted by Gasteiger charge is -2.19. The Morgan fingerprint density at radius 3 is 2.81 bits per heavy atom. The van der Waals surface area contributed by atoms with E-state index in [-0.39, 0.29) is 0 Å². The van der Waals surface area contributed by atoms with Crippen molar-refractivity contribution in [2.75, 3.05) is 24.3 Å². The van der Waals surface area contributed by atoms with E-state index in [1.54, 1.807) is 6.07 Å². The number of hydrogen-bond donors (Lipinski definition) is 1. The van der Waals surface area contributed by atoms with Gasteiger partial charge in [0.1, 0.15) is 18.2 Å². The largest absolute Gasteiger partial charge is 0.384 e. The van der Waals surface area contributed by atoms with Crippen LogP contribution in [0.3, 0.4) is 0 Å². The van der Waals surface area contributed by atoms with Crippen LogP contribution in [0.5, 0.6) is 0 Å². The molecule has 0 saturated carbocycles. The average Bonchev–Trinajstić information content (AvgIpc) is 2.44. The van der Waals surface area contributed by atoms with Crippen molar-refractivity contribution in [2.24, 2.45) is 0 Å². The van der Waals surface area contributed by atoms with Gasteiger partial charge in [-0.15, -0.1) is 0 Å². The Balaban J connectivity index is 2.14. The summed E-state index contributed by atoms with van der Waals surface area (Å²) < 4.78 is 5.33. The SMILES string of the molecule is CCOCc1nc(N)cc(N(C)Cc2cccc(Cl)c2)n1. The Morgan fingerprint density at radius 1 is 1.29 bits per heavy atom. The smallest absolute Gasteiger partial charge is 0.158 e. The lowest BCUT2D eigenvalue weighted by Crippen LogP contribution is -2.19. The van der Waals surface area contributed by atoms with Crippen molar-refractivity contribution in [2.45, 2.75) is 20.1 Å². The van der Waals surface area contributed by atoms with Crippen molar-refractivity contribution < 1.29 is 4.74 Å². The predicted octanol–water partition coefficient (Wildman–Crippen LogP) is 2.89. The third kappa shape index (κ3) is 4.58. The van der Waals surface area contributed by atoms with Crippen molar-refractivity contribution in [3.05, 3.63) is 46.7 Å². The molecule has 5 nitrogen and oxygen atoms in total. The molecule has 0 radical (unpaired) electrons. The molecule has 1 aromatic carbocycles. The van der Waals surface area contributed by atoms with E-state index < -0.39 is 0 Å². The summed E-state index contributed by atoms with van der Waals surface area (Å²) in [4.78, 5) is 10.6.